The van der Waals surface area contributed by atoms with E-state index >= 15 is 0 Å². The van der Waals surface area contributed by atoms with Crippen molar-refractivity contribution >= 4 is 85.0 Å². The molecule has 0 spiro atoms. The number of thiophene rings is 2. The van der Waals surface area contributed by atoms with Crippen LogP contribution < -0.4 is 0 Å². The first-order chi connectivity index (χ1) is 25.3. The predicted octanol–water partition coefficient (Wildman–Crippen LogP) is 15.0. The van der Waals surface area contributed by atoms with Gasteiger partial charge in [0.05, 0.1) is 0 Å². The van der Waals surface area contributed by atoms with Gasteiger partial charge in [-0.3, -0.25) is 0 Å². The van der Waals surface area contributed by atoms with Crippen molar-refractivity contribution < 1.29 is 4.42 Å². The molecule has 0 aliphatic carbocycles. The molecule has 8 aromatic carbocycles. The van der Waals surface area contributed by atoms with Crippen LogP contribution >= 0.6 is 22.7 Å². The third-order valence-corrected chi connectivity index (χ3v) is 12.6. The fraction of sp³-hybridized carbons (Fsp3) is 0. The van der Waals surface area contributed by atoms with E-state index in [-0.39, 0.29) is 0 Å². The highest BCUT2D eigenvalue weighted by Gasteiger charge is 2.17. The summed E-state index contributed by atoms with van der Waals surface area (Å²) in [5.41, 5.74) is 11.6. The molecular formula is C48H28OS2. The summed E-state index contributed by atoms with van der Waals surface area (Å²) < 4.78 is 11.5. The van der Waals surface area contributed by atoms with Crippen LogP contribution in [0.5, 0.6) is 0 Å². The van der Waals surface area contributed by atoms with E-state index in [2.05, 4.69) is 158 Å². The first-order valence-corrected chi connectivity index (χ1v) is 18.9. The van der Waals surface area contributed by atoms with E-state index in [1.807, 2.05) is 34.8 Å². The lowest BCUT2D eigenvalue weighted by Gasteiger charge is -2.14. The van der Waals surface area contributed by atoms with E-state index in [4.69, 9.17) is 4.42 Å². The summed E-state index contributed by atoms with van der Waals surface area (Å²) >= 11 is 3.74. The van der Waals surface area contributed by atoms with Gasteiger partial charge in [-0.05, 0) is 99.1 Å². The summed E-state index contributed by atoms with van der Waals surface area (Å²) in [6, 6.07) is 62.1. The minimum Gasteiger partial charge on any atom is -0.456 e. The Hall–Kier alpha value is -6.00. The van der Waals surface area contributed by atoms with Crippen LogP contribution in [0, 0.1) is 0 Å². The Bertz CT molecular complexity index is 3000. The molecule has 0 unspecified atom stereocenters. The Balaban J connectivity index is 1.13. The summed E-state index contributed by atoms with van der Waals surface area (Å²) in [7, 11) is 0. The molecule has 11 rings (SSSR count). The molecule has 11 aromatic rings. The molecule has 3 heteroatoms. The van der Waals surface area contributed by atoms with Gasteiger partial charge in [-0.25, -0.2) is 0 Å². The van der Waals surface area contributed by atoms with Crippen molar-refractivity contribution in [1.82, 2.24) is 0 Å². The van der Waals surface area contributed by atoms with Crippen LogP contribution in [-0.4, -0.2) is 0 Å². The van der Waals surface area contributed by atoms with E-state index in [9.17, 15) is 0 Å². The first-order valence-electron chi connectivity index (χ1n) is 17.2. The number of hydrogen-bond acceptors (Lipinski definition) is 3. The van der Waals surface area contributed by atoms with Gasteiger partial charge in [0.15, 0.2) is 0 Å². The van der Waals surface area contributed by atoms with Crippen LogP contribution in [0.15, 0.2) is 174 Å². The average Bonchev–Trinajstić information content (AvgIpc) is 3.89. The zero-order valence-electron chi connectivity index (χ0n) is 27.4. The largest absolute Gasteiger partial charge is 0.456 e. The average molecular weight is 685 g/mol. The fourth-order valence-electron chi connectivity index (χ4n) is 7.99. The lowest BCUT2D eigenvalue weighted by molar-refractivity contribution is 0.669. The van der Waals surface area contributed by atoms with Gasteiger partial charge >= 0.3 is 0 Å². The van der Waals surface area contributed by atoms with Gasteiger partial charge in [0.1, 0.15) is 11.2 Å². The second-order valence-electron chi connectivity index (χ2n) is 13.2. The van der Waals surface area contributed by atoms with Crippen LogP contribution in [0.3, 0.4) is 0 Å². The number of para-hydroxylation sites is 1. The standard InChI is InChI=1S/C48H28OS2/c1-4-16-40-37(10-1)46-34(13-7-17-41(46)49-40)30-24-22-29(23-25-30)31-26-32(35-14-8-20-44-47(35)38-11-2-5-18-42(38)50-44)28-33(27-31)36-15-9-21-45-48(36)39-12-3-6-19-43(39)51-45/h1-28H. The summed E-state index contributed by atoms with van der Waals surface area (Å²) in [5, 5.41) is 7.60. The lowest BCUT2D eigenvalue weighted by atomic mass is 9.90. The second-order valence-corrected chi connectivity index (χ2v) is 15.4. The van der Waals surface area contributed by atoms with Crippen LogP contribution in [0.2, 0.25) is 0 Å². The Morgan fingerprint density at radius 2 is 0.745 bits per heavy atom. The van der Waals surface area contributed by atoms with Crippen LogP contribution in [-0.2, 0) is 0 Å². The Morgan fingerprint density at radius 3 is 1.37 bits per heavy atom. The Labute approximate surface area is 302 Å². The van der Waals surface area contributed by atoms with Crippen molar-refractivity contribution in [1.29, 1.82) is 0 Å². The fourth-order valence-corrected chi connectivity index (χ4v) is 10.3. The molecular weight excluding hydrogens is 657 g/mol. The van der Waals surface area contributed by atoms with Crippen molar-refractivity contribution in [2.75, 3.05) is 0 Å². The minimum atomic E-state index is 0.917. The maximum absolute atomic E-state index is 6.22. The molecule has 1 nitrogen and oxygen atoms in total. The molecule has 0 atom stereocenters. The summed E-state index contributed by atoms with van der Waals surface area (Å²) in [4.78, 5) is 0. The smallest absolute Gasteiger partial charge is 0.136 e. The molecule has 0 bridgehead atoms. The Kier molecular flexibility index (Phi) is 6.36. The number of rotatable bonds is 4. The van der Waals surface area contributed by atoms with Crippen molar-refractivity contribution in [3.63, 3.8) is 0 Å². The molecule has 3 heterocycles. The van der Waals surface area contributed by atoms with E-state index in [0.29, 0.717) is 0 Å². The van der Waals surface area contributed by atoms with Gasteiger partial charge in [-0.15, -0.1) is 22.7 Å². The molecule has 0 aliphatic heterocycles. The van der Waals surface area contributed by atoms with Gasteiger partial charge < -0.3 is 4.42 Å². The summed E-state index contributed by atoms with van der Waals surface area (Å²) in [6.45, 7) is 0. The van der Waals surface area contributed by atoms with Gasteiger partial charge in [0.25, 0.3) is 0 Å². The molecule has 0 saturated heterocycles. The predicted molar refractivity (Wildman–Crippen MR) is 221 cm³/mol. The molecule has 0 saturated carbocycles. The molecule has 51 heavy (non-hydrogen) atoms. The topological polar surface area (TPSA) is 13.1 Å². The van der Waals surface area contributed by atoms with Crippen molar-refractivity contribution in [2.45, 2.75) is 0 Å². The SMILES string of the molecule is c1ccc2c(c1)oc1cccc(-c3ccc(-c4cc(-c5cccc6sc7ccccc7c56)cc(-c5cccc6sc7ccccc7c56)c4)cc3)c12. The third-order valence-electron chi connectivity index (χ3n) is 10.3. The molecule has 238 valence electrons. The van der Waals surface area contributed by atoms with Gasteiger partial charge in [0.2, 0.25) is 0 Å². The second kappa shape index (κ2) is 11.3. The van der Waals surface area contributed by atoms with E-state index < -0.39 is 0 Å². The van der Waals surface area contributed by atoms with Crippen molar-refractivity contribution in [2.24, 2.45) is 0 Å². The van der Waals surface area contributed by atoms with Gasteiger partial charge in [-0.2, -0.15) is 0 Å². The summed E-state index contributed by atoms with van der Waals surface area (Å²) in [6.07, 6.45) is 0. The maximum Gasteiger partial charge on any atom is 0.136 e. The maximum atomic E-state index is 6.22. The van der Waals surface area contributed by atoms with Gasteiger partial charge in [0, 0.05) is 51.1 Å². The van der Waals surface area contributed by atoms with E-state index in [1.165, 1.54) is 84.9 Å². The molecule has 0 fully saturated rings. The first kappa shape index (κ1) is 28.8. The quantitative estimate of drug-likeness (QED) is 0.180. The minimum absolute atomic E-state index is 0.917. The van der Waals surface area contributed by atoms with Gasteiger partial charge in [-0.1, -0.05) is 115 Å². The number of furan rings is 1. The van der Waals surface area contributed by atoms with Crippen LogP contribution in [0.4, 0.5) is 0 Å². The molecule has 0 radical (unpaired) electrons. The van der Waals surface area contributed by atoms with Crippen LogP contribution in [0.1, 0.15) is 0 Å². The highest BCUT2D eigenvalue weighted by atomic mass is 32.1. The normalized spacial score (nSPS) is 11.9. The highest BCUT2D eigenvalue weighted by molar-refractivity contribution is 7.26. The van der Waals surface area contributed by atoms with Crippen molar-refractivity contribution in [3.05, 3.63) is 170 Å². The zero-order valence-corrected chi connectivity index (χ0v) is 29.0. The molecule has 0 N–H and O–H groups in total. The third kappa shape index (κ3) is 4.52. The van der Waals surface area contributed by atoms with Crippen molar-refractivity contribution in [3.8, 4) is 44.5 Å². The Morgan fingerprint density at radius 1 is 0.294 bits per heavy atom. The number of fused-ring (bicyclic) bond motifs is 9. The molecule has 0 amide bonds. The lowest BCUT2D eigenvalue weighted by Crippen LogP contribution is -1.88. The summed E-state index contributed by atoms with van der Waals surface area (Å²) in [5.74, 6) is 0. The monoisotopic (exact) mass is 684 g/mol. The van der Waals surface area contributed by atoms with Crippen LogP contribution in [0.25, 0.3) is 107 Å². The number of benzene rings is 8. The molecule has 3 aromatic heterocycles. The number of hydrogen-bond donors (Lipinski definition) is 0. The van der Waals surface area contributed by atoms with E-state index in [1.54, 1.807) is 0 Å². The van der Waals surface area contributed by atoms with E-state index in [0.717, 1.165) is 21.9 Å². The molecule has 0 aliphatic rings. The zero-order chi connectivity index (χ0) is 33.5. The highest BCUT2D eigenvalue weighted by Crippen LogP contribution is 2.45.